The lowest BCUT2D eigenvalue weighted by Crippen LogP contribution is -2.23. The van der Waals surface area contributed by atoms with Gasteiger partial charge in [-0.3, -0.25) is 10.1 Å². The highest BCUT2D eigenvalue weighted by molar-refractivity contribution is 5.58. The van der Waals surface area contributed by atoms with Crippen LogP contribution in [0.2, 0.25) is 0 Å². The number of hydrogen-bond donors (Lipinski definition) is 1. The van der Waals surface area contributed by atoms with Gasteiger partial charge in [-0.05, 0) is 34.0 Å². The van der Waals surface area contributed by atoms with Crippen molar-refractivity contribution in [2.45, 2.75) is 19.4 Å². The highest BCUT2D eigenvalue weighted by Gasteiger charge is 2.18. The lowest BCUT2D eigenvalue weighted by Gasteiger charge is -2.17. The van der Waals surface area contributed by atoms with Crippen LogP contribution in [0.3, 0.4) is 0 Å². The van der Waals surface area contributed by atoms with Gasteiger partial charge in [0.05, 0.1) is 10.5 Å². The molecule has 102 valence electrons. The molecular formula is C12H17N5O2. The minimum atomic E-state index is -0.533. The van der Waals surface area contributed by atoms with Gasteiger partial charge in [-0.15, -0.1) is 0 Å². The predicted molar refractivity (Wildman–Crippen MR) is 71.9 cm³/mol. The van der Waals surface area contributed by atoms with E-state index in [0.29, 0.717) is 0 Å². The summed E-state index contributed by atoms with van der Waals surface area (Å²) >= 11 is 0. The molecule has 0 aliphatic heterocycles. The average molecular weight is 263 g/mol. The Morgan fingerprint density at radius 2 is 2.32 bits per heavy atom. The first-order valence-corrected chi connectivity index (χ1v) is 5.90. The molecule has 0 radical (unpaired) electrons. The van der Waals surface area contributed by atoms with Crippen LogP contribution in [0.25, 0.3) is 0 Å². The third-order valence-electron chi connectivity index (χ3n) is 2.59. The summed E-state index contributed by atoms with van der Waals surface area (Å²) in [7, 11) is 3.93. The van der Waals surface area contributed by atoms with Crippen LogP contribution in [-0.2, 0) is 0 Å². The van der Waals surface area contributed by atoms with Crippen molar-refractivity contribution >= 4 is 11.5 Å². The van der Waals surface area contributed by atoms with E-state index in [1.54, 1.807) is 0 Å². The van der Waals surface area contributed by atoms with E-state index in [2.05, 4.69) is 10.3 Å². The molecule has 0 saturated carbocycles. The largest absolute Gasteiger partial charge is 0.362 e. The van der Waals surface area contributed by atoms with E-state index < -0.39 is 4.92 Å². The lowest BCUT2D eigenvalue weighted by atomic mass is 10.2. The first kappa shape index (κ1) is 14.9. The molecular weight excluding hydrogens is 246 g/mol. The van der Waals surface area contributed by atoms with Crippen LogP contribution in [0.4, 0.5) is 11.5 Å². The number of nitrogens with one attached hydrogen (secondary N) is 1. The second-order valence-corrected chi connectivity index (χ2v) is 4.60. The van der Waals surface area contributed by atoms with Gasteiger partial charge in [0.1, 0.15) is 6.07 Å². The van der Waals surface area contributed by atoms with E-state index in [4.69, 9.17) is 5.26 Å². The molecule has 0 aromatic carbocycles. The quantitative estimate of drug-likeness (QED) is 0.619. The summed E-state index contributed by atoms with van der Waals surface area (Å²) in [5.74, 6) is 0.204. The smallest absolute Gasteiger partial charge is 0.312 e. The van der Waals surface area contributed by atoms with E-state index >= 15 is 0 Å². The van der Waals surface area contributed by atoms with Crippen LogP contribution in [0, 0.1) is 21.4 Å². The van der Waals surface area contributed by atoms with Crippen molar-refractivity contribution in [3.05, 3.63) is 27.9 Å². The van der Waals surface area contributed by atoms with Gasteiger partial charge in [-0.25, -0.2) is 4.98 Å². The predicted octanol–water partition coefficient (Wildman–Crippen LogP) is 1.61. The Bertz CT molecular complexity index is 495. The van der Waals surface area contributed by atoms with Gasteiger partial charge in [-0.2, -0.15) is 5.26 Å². The van der Waals surface area contributed by atoms with Gasteiger partial charge in [0.2, 0.25) is 5.82 Å². The van der Waals surface area contributed by atoms with Crippen molar-refractivity contribution < 1.29 is 4.92 Å². The fraction of sp³-hybridized carbons (Fsp3) is 0.500. The molecule has 0 amide bonds. The topological polar surface area (TPSA) is 95.1 Å². The summed E-state index contributed by atoms with van der Waals surface area (Å²) in [6, 6.07) is 3.13. The first-order valence-electron chi connectivity index (χ1n) is 5.90. The van der Waals surface area contributed by atoms with Crippen LogP contribution in [0.1, 0.15) is 18.9 Å². The number of aromatic nitrogens is 1. The maximum absolute atomic E-state index is 10.9. The molecule has 0 spiro atoms. The molecule has 1 N–H and O–H groups in total. The second-order valence-electron chi connectivity index (χ2n) is 4.60. The third kappa shape index (κ3) is 4.52. The molecule has 1 heterocycles. The Balaban J connectivity index is 2.83. The molecule has 7 heteroatoms. The van der Waals surface area contributed by atoms with Crippen molar-refractivity contribution in [1.82, 2.24) is 9.88 Å². The molecule has 0 bridgehead atoms. The number of anilines is 1. The van der Waals surface area contributed by atoms with Crippen molar-refractivity contribution in [3.8, 4) is 6.07 Å². The molecule has 0 fully saturated rings. The minimum Gasteiger partial charge on any atom is -0.362 e. The Morgan fingerprint density at radius 1 is 1.63 bits per heavy atom. The maximum atomic E-state index is 10.9. The van der Waals surface area contributed by atoms with E-state index in [9.17, 15) is 10.1 Å². The molecule has 19 heavy (non-hydrogen) atoms. The lowest BCUT2D eigenvalue weighted by molar-refractivity contribution is -0.384. The summed E-state index contributed by atoms with van der Waals surface area (Å²) in [4.78, 5) is 16.4. The minimum absolute atomic E-state index is 0.0570. The van der Waals surface area contributed by atoms with Gasteiger partial charge in [-0.1, -0.05) is 0 Å². The van der Waals surface area contributed by atoms with Gasteiger partial charge in [0.25, 0.3) is 0 Å². The fourth-order valence-electron chi connectivity index (χ4n) is 1.52. The molecule has 1 unspecified atom stereocenters. The number of nitro groups is 1. The molecule has 0 aliphatic rings. The second kappa shape index (κ2) is 6.66. The summed E-state index contributed by atoms with van der Waals surface area (Å²) in [5, 5.41) is 22.7. The van der Waals surface area contributed by atoms with Crippen LogP contribution < -0.4 is 5.32 Å². The average Bonchev–Trinajstić information content (AvgIpc) is 2.36. The zero-order valence-corrected chi connectivity index (χ0v) is 11.3. The van der Waals surface area contributed by atoms with Crippen LogP contribution in [0.15, 0.2) is 12.3 Å². The number of hydrogen-bond acceptors (Lipinski definition) is 6. The molecule has 7 nitrogen and oxygen atoms in total. The molecule has 0 saturated heterocycles. The monoisotopic (exact) mass is 263 g/mol. The molecule has 1 rings (SSSR count). The summed E-state index contributed by atoms with van der Waals surface area (Å²) < 4.78 is 0. The van der Waals surface area contributed by atoms with Gasteiger partial charge >= 0.3 is 5.69 Å². The standard InChI is InChI=1S/C12H17N5O2/c1-9(4-5-16(2)3)15-12-11(17(18)19)6-10(7-13)8-14-12/h6,8-9H,4-5H2,1-3H3,(H,14,15). The van der Waals surface area contributed by atoms with Crippen molar-refractivity contribution in [3.63, 3.8) is 0 Å². The van der Waals surface area contributed by atoms with E-state index in [-0.39, 0.29) is 23.1 Å². The summed E-state index contributed by atoms with van der Waals surface area (Å²) in [6.07, 6.45) is 2.17. The fourth-order valence-corrected chi connectivity index (χ4v) is 1.52. The van der Waals surface area contributed by atoms with Gasteiger partial charge < -0.3 is 10.2 Å². The first-order chi connectivity index (χ1) is 8.93. The van der Waals surface area contributed by atoms with Gasteiger partial charge in [0, 0.05) is 18.3 Å². The summed E-state index contributed by atoms with van der Waals surface area (Å²) in [5.41, 5.74) is 0.00828. The van der Waals surface area contributed by atoms with Crippen molar-refractivity contribution in [1.29, 1.82) is 5.26 Å². The summed E-state index contributed by atoms with van der Waals surface area (Å²) in [6.45, 7) is 2.81. The highest BCUT2D eigenvalue weighted by Crippen LogP contribution is 2.23. The normalized spacial score (nSPS) is 11.9. The number of nitriles is 1. The molecule has 1 aromatic heterocycles. The van der Waals surface area contributed by atoms with E-state index in [1.807, 2.05) is 32.0 Å². The zero-order valence-electron chi connectivity index (χ0n) is 11.3. The van der Waals surface area contributed by atoms with Crippen molar-refractivity contribution in [2.75, 3.05) is 26.0 Å². The molecule has 1 aromatic rings. The molecule has 0 aliphatic carbocycles. The Hall–Kier alpha value is -2.20. The number of pyridine rings is 1. The zero-order chi connectivity index (χ0) is 14.4. The van der Waals surface area contributed by atoms with Gasteiger partial charge in [0.15, 0.2) is 0 Å². The highest BCUT2D eigenvalue weighted by atomic mass is 16.6. The van der Waals surface area contributed by atoms with E-state index in [0.717, 1.165) is 13.0 Å². The van der Waals surface area contributed by atoms with Crippen LogP contribution in [-0.4, -0.2) is 41.5 Å². The Kier molecular flexibility index (Phi) is 5.21. The SMILES string of the molecule is CC(CCN(C)C)Nc1ncc(C#N)cc1[N+](=O)[O-]. The van der Waals surface area contributed by atoms with Crippen LogP contribution >= 0.6 is 0 Å². The Labute approximate surface area is 112 Å². The number of nitrogens with zero attached hydrogens (tertiary/aromatic N) is 4. The maximum Gasteiger partial charge on any atom is 0.312 e. The van der Waals surface area contributed by atoms with Crippen LogP contribution in [0.5, 0.6) is 0 Å². The van der Waals surface area contributed by atoms with Crippen molar-refractivity contribution in [2.24, 2.45) is 0 Å². The molecule has 1 atom stereocenters. The Morgan fingerprint density at radius 3 is 2.84 bits per heavy atom. The third-order valence-corrected chi connectivity index (χ3v) is 2.59. The number of rotatable bonds is 6. The van der Waals surface area contributed by atoms with E-state index in [1.165, 1.54) is 12.3 Å².